The normalized spacial score (nSPS) is 12.0. The SMILES string of the molecule is CCC(C)c1ccc(OCC(=O)NN=Cc2ccc(-c3cc([N+](=O)[O-])ccc3Cl)o2)cc1. The molecule has 0 spiro atoms. The molecular formula is C23H22ClN3O5. The number of non-ortho nitro benzene ring substituents is 1. The second-order valence-electron chi connectivity index (χ2n) is 7.08. The van der Waals surface area contributed by atoms with Crippen LogP contribution in [0.5, 0.6) is 5.75 Å². The molecule has 166 valence electrons. The van der Waals surface area contributed by atoms with Crippen LogP contribution < -0.4 is 10.2 Å². The molecule has 1 aromatic heterocycles. The second-order valence-corrected chi connectivity index (χ2v) is 7.49. The number of nitro groups is 1. The van der Waals surface area contributed by atoms with Crippen molar-refractivity contribution in [1.29, 1.82) is 0 Å². The van der Waals surface area contributed by atoms with Crippen LogP contribution in [0.1, 0.15) is 37.5 Å². The maximum absolute atomic E-state index is 11.9. The van der Waals surface area contributed by atoms with Gasteiger partial charge in [-0.25, -0.2) is 5.43 Å². The number of nitro benzene ring substituents is 1. The fourth-order valence-electron chi connectivity index (χ4n) is 2.86. The lowest BCUT2D eigenvalue weighted by atomic mass is 9.99. The molecule has 8 nitrogen and oxygen atoms in total. The summed E-state index contributed by atoms with van der Waals surface area (Å²) in [4.78, 5) is 22.4. The molecule has 0 aliphatic heterocycles. The minimum absolute atomic E-state index is 0.0993. The van der Waals surface area contributed by atoms with Crippen molar-refractivity contribution in [3.8, 4) is 17.1 Å². The first-order chi connectivity index (χ1) is 15.4. The van der Waals surface area contributed by atoms with Crippen LogP contribution >= 0.6 is 11.6 Å². The van der Waals surface area contributed by atoms with Crippen LogP contribution in [0.4, 0.5) is 5.69 Å². The van der Waals surface area contributed by atoms with Crippen LogP contribution in [0.25, 0.3) is 11.3 Å². The van der Waals surface area contributed by atoms with Crippen LogP contribution in [-0.2, 0) is 4.79 Å². The number of hydrazone groups is 1. The van der Waals surface area contributed by atoms with Crippen molar-refractivity contribution in [2.24, 2.45) is 5.10 Å². The van der Waals surface area contributed by atoms with Gasteiger partial charge in [0.15, 0.2) is 6.61 Å². The molecule has 0 aliphatic rings. The molecule has 0 radical (unpaired) electrons. The number of amides is 1. The summed E-state index contributed by atoms with van der Waals surface area (Å²) in [7, 11) is 0. The number of nitrogens with zero attached hydrogens (tertiary/aromatic N) is 2. The molecule has 3 rings (SSSR count). The smallest absolute Gasteiger partial charge is 0.277 e. The summed E-state index contributed by atoms with van der Waals surface area (Å²) in [5.74, 6) is 1.32. The predicted molar refractivity (Wildman–Crippen MR) is 122 cm³/mol. The van der Waals surface area contributed by atoms with E-state index in [0.717, 1.165) is 6.42 Å². The van der Waals surface area contributed by atoms with Gasteiger partial charge in [-0.3, -0.25) is 14.9 Å². The van der Waals surface area contributed by atoms with E-state index in [2.05, 4.69) is 24.4 Å². The second kappa shape index (κ2) is 10.6. The Morgan fingerprint density at radius 3 is 2.69 bits per heavy atom. The summed E-state index contributed by atoms with van der Waals surface area (Å²) in [5.41, 5.74) is 3.86. The average molecular weight is 456 g/mol. The van der Waals surface area contributed by atoms with Gasteiger partial charge >= 0.3 is 0 Å². The average Bonchev–Trinajstić information content (AvgIpc) is 3.26. The third-order valence-electron chi connectivity index (χ3n) is 4.87. The van der Waals surface area contributed by atoms with Crippen LogP contribution in [-0.4, -0.2) is 23.7 Å². The molecule has 1 heterocycles. The highest BCUT2D eigenvalue weighted by Gasteiger charge is 2.14. The molecular weight excluding hydrogens is 434 g/mol. The Kier molecular flexibility index (Phi) is 7.62. The van der Waals surface area contributed by atoms with Crippen molar-refractivity contribution < 1.29 is 18.9 Å². The number of furan rings is 1. The van der Waals surface area contributed by atoms with Crippen molar-refractivity contribution in [1.82, 2.24) is 5.43 Å². The Morgan fingerprint density at radius 2 is 2.00 bits per heavy atom. The van der Waals surface area contributed by atoms with Gasteiger partial charge in [-0.2, -0.15) is 5.10 Å². The molecule has 1 N–H and O–H groups in total. The summed E-state index contributed by atoms with van der Waals surface area (Å²) >= 11 is 6.12. The highest BCUT2D eigenvalue weighted by Crippen LogP contribution is 2.32. The van der Waals surface area contributed by atoms with Crippen LogP contribution in [0.15, 0.2) is 64.1 Å². The minimum Gasteiger partial charge on any atom is -0.484 e. The zero-order chi connectivity index (χ0) is 23.1. The highest BCUT2D eigenvalue weighted by atomic mass is 35.5. The van der Waals surface area contributed by atoms with E-state index in [1.807, 2.05) is 24.3 Å². The van der Waals surface area contributed by atoms with E-state index in [9.17, 15) is 14.9 Å². The molecule has 1 amide bonds. The lowest BCUT2D eigenvalue weighted by molar-refractivity contribution is -0.384. The van der Waals surface area contributed by atoms with E-state index in [1.165, 1.54) is 30.0 Å². The molecule has 0 fully saturated rings. The Morgan fingerprint density at radius 1 is 1.25 bits per heavy atom. The van der Waals surface area contributed by atoms with Gasteiger partial charge in [-0.15, -0.1) is 0 Å². The largest absolute Gasteiger partial charge is 0.484 e. The van der Waals surface area contributed by atoms with E-state index >= 15 is 0 Å². The number of benzene rings is 2. The van der Waals surface area contributed by atoms with E-state index in [0.29, 0.717) is 33.8 Å². The zero-order valence-electron chi connectivity index (χ0n) is 17.6. The number of carbonyl (C=O) groups excluding carboxylic acids is 1. The Labute approximate surface area is 190 Å². The van der Waals surface area contributed by atoms with Gasteiger partial charge in [-0.1, -0.05) is 37.6 Å². The lowest BCUT2D eigenvalue weighted by Gasteiger charge is -2.10. The number of halogens is 1. The molecule has 0 aliphatic carbocycles. The lowest BCUT2D eigenvalue weighted by Crippen LogP contribution is -2.24. The number of rotatable bonds is 9. The van der Waals surface area contributed by atoms with Gasteiger partial charge in [-0.05, 0) is 48.2 Å². The summed E-state index contributed by atoms with van der Waals surface area (Å²) in [6.45, 7) is 4.10. The van der Waals surface area contributed by atoms with Gasteiger partial charge in [0.1, 0.15) is 17.3 Å². The molecule has 1 atom stereocenters. The van der Waals surface area contributed by atoms with Crippen molar-refractivity contribution in [2.45, 2.75) is 26.2 Å². The minimum atomic E-state index is -0.511. The molecule has 0 bridgehead atoms. The van der Waals surface area contributed by atoms with Gasteiger partial charge in [0.25, 0.3) is 11.6 Å². The Bertz CT molecular complexity index is 1120. The van der Waals surface area contributed by atoms with Crippen molar-refractivity contribution >= 4 is 29.4 Å². The van der Waals surface area contributed by atoms with Crippen molar-refractivity contribution in [2.75, 3.05) is 6.61 Å². The first-order valence-corrected chi connectivity index (χ1v) is 10.3. The quantitative estimate of drug-likeness (QED) is 0.258. The standard InChI is InChI=1S/C23H22ClN3O5/c1-3-15(2)16-4-7-18(8-5-16)31-14-23(28)26-25-13-19-9-11-22(32-19)20-12-17(27(29)30)6-10-21(20)24/h4-13,15H,3,14H2,1-2H3,(H,26,28). The predicted octanol–water partition coefficient (Wildman–Crippen LogP) is 5.55. The van der Waals surface area contributed by atoms with Gasteiger partial charge in [0.05, 0.1) is 16.2 Å². The number of ether oxygens (including phenoxy) is 1. The summed E-state index contributed by atoms with van der Waals surface area (Å²) in [5, 5.41) is 15.1. The van der Waals surface area contributed by atoms with E-state index in [-0.39, 0.29) is 12.3 Å². The Balaban J connectivity index is 1.53. The number of hydrogen-bond acceptors (Lipinski definition) is 6. The van der Waals surface area contributed by atoms with Crippen LogP contribution in [0.3, 0.4) is 0 Å². The number of hydrogen-bond donors (Lipinski definition) is 1. The fraction of sp³-hybridized carbons (Fsp3) is 0.217. The van der Waals surface area contributed by atoms with Crippen LogP contribution in [0, 0.1) is 10.1 Å². The van der Waals surface area contributed by atoms with E-state index < -0.39 is 10.8 Å². The zero-order valence-corrected chi connectivity index (χ0v) is 18.3. The molecule has 0 saturated carbocycles. The topological polar surface area (TPSA) is 107 Å². The fourth-order valence-corrected chi connectivity index (χ4v) is 3.07. The van der Waals surface area contributed by atoms with Crippen molar-refractivity contribution in [3.05, 3.63) is 81.1 Å². The summed E-state index contributed by atoms with van der Waals surface area (Å²) in [6, 6.07) is 14.9. The first-order valence-electron chi connectivity index (χ1n) is 9.96. The third kappa shape index (κ3) is 5.95. The van der Waals surface area contributed by atoms with E-state index in [1.54, 1.807) is 12.1 Å². The third-order valence-corrected chi connectivity index (χ3v) is 5.20. The van der Waals surface area contributed by atoms with E-state index in [4.69, 9.17) is 20.8 Å². The molecule has 3 aromatic rings. The molecule has 2 aromatic carbocycles. The molecule has 1 unspecified atom stereocenters. The summed E-state index contributed by atoms with van der Waals surface area (Å²) in [6.07, 6.45) is 2.36. The summed E-state index contributed by atoms with van der Waals surface area (Å²) < 4.78 is 11.1. The van der Waals surface area contributed by atoms with Gasteiger partial charge in [0.2, 0.25) is 0 Å². The maximum atomic E-state index is 11.9. The first kappa shape index (κ1) is 23.0. The van der Waals surface area contributed by atoms with Gasteiger partial charge in [0, 0.05) is 17.7 Å². The maximum Gasteiger partial charge on any atom is 0.277 e. The molecule has 9 heteroatoms. The molecule has 0 saturated heterocycles. The van der Waals surface area contributed by atoms with Crippen molar-refractivity contribution in [3.63, 3.8) is 0 Å². The number of nitrogens with one attached hydrogen (secondary N) is 1. The monoisotopic (exact) mass is 455 g/mol. The van der Waals surface area contributed by atoms with Crippen LogP contribution in [0.2, 0.25) is 5.02 Å². The Hall–Kier alpha value is -3.65. The van der Waals surface area contributed by atoms with Gasteiger partial charge < -0.3 is 9.15 Å². The highest BCUT2D eigenvalue weighted by molar-refractivity contribution is 6.33. The molecule has 32 heavy (non-hydrogen) atoms. The number of carbonyl (C=O) groups is 1.